The zero-order chi connectivity index (χ0) is 13.9. The molecule has 0 N–H and O–H groups in total. The molecule has 3 nitrogen and oxygen atoms in total. The number of nitrogens with zero attached hydrogens (tertiary/aromatic N) is 3. The van der Waals surface area contributed by atoms with Crippen LogP contribution in [0, 0.1) is 6.92 Å². The Kier molecular flexibility index (Phi) is 5.31. The number of halogens is 5. The Morgan fingerprint density at radius 2 is 2.00 bits per heavy atom. The molecule has 0 aromatic carbocycles. The Balaban J connectivity index is 2.83. The Labute approximate surface area is 113 Å². The second-order valence-corrected chi connectivity index (χ2v) is 4.73. The van der Waals surface area contributed by atoms with Crippen LogP contribution in [0.2, 0.25) is 5.15 Å². The normalized spacial score (nSPS) is 12.4. The van der Waals surface area contributed by atoms with Crippen molar-refractivity contribution in [2.75, 3.05) is 19.0 Å². The van der Waals surface area contributed by atoms with Gasteiger partial charge in [0, 0.05) is 31.6 Å². The predicted octanol–water partition coefficient (Wildman–Crippen LogP) is 2.99. The Bertz CT molecular complexity index is 404. The van der Waals surface area contributed by atoms with Crippen LogP contribution in [0.5, 0.6) is 0 Å². The molecule has 1 aromatic rings. The third-order valence-electron chi connectivity index (χ3n) is 2.46. The SMILES string of the molecule is Cc1nn(C)c(Cl)c1CN(CCCl)CC(F)(F)F. The lowest BCUT2D eigenvalue weighted by atomic mass is 10.2. The Hall–Kier alpha value is -0.460. The van der Waals surface area contributed by atoms with Gasteiger partial charge in [-0.1, -0.05) is 11.6 Å². The van der Waals surface area contributed by atoms with Gasteiger partial charge in [0.1, 0.15) is 5.15 Å². The first-order valence-corrected chi connectivity index (χ1v) is 6.19. The molecular weight excluding hydrogens is 290 g/mol. The monoisotopic (exact) mass is 303 g/mol. The summed E-state index contributed by atoms with van der Waals surface area (Å²) in [7, 11) is 1.65. The molecule has 1 rings (SSSR count). The van der Waals surface area contributed by atoms with Crippen molar-refractivity contribution in [1.82, 2.24) is 14.7 Å². The molecule has 0 fully saturated rings. The van der Waals surface area contributed by atoms with Gasteiger partial charge < -0.3 is 0 Å². The average molecular weight is 304 g/mol. The molecule has 1 aromatic heterocycles. The number of rotatable bonds is 5. The standard InChI is InChI=1S/C10H14Cl2F3N3/c1-7-8(9(12)17(2)16-7)5-18(4-3-11)6-10(13,14)15/h3-6H2,1-2H3. The highest BCUT2D eigenvalue weighted by Gasteiger charge is 2.31. The molecule has 18 heavy (non-hydrogen) atoms. The quantitative estimate of drug-likeness (QED) is 0.780. The number of aromatic nitrogens is 2. The van der Waals surface area contributed by atoms with Crippen LogP contribution >= 0.6 is 23.2 Å². The fraction of sp³-hybridized carbons (Fsp3) is 0.700. The first-order chi connectivity index (χ1) is 8.24. The maximum atomic E-state index is 12.4. The van der Waals surface area contributed by atoms with Gasteiger partial charge in [0.2, 0.25) is 0 Å². The van der Waals surface area contributed by atoms with Crippen molar-refractivity contribution in [1.29, 1.82) is 0 Å². The predicted molar refractivity (Wildman–Crippen MR) is 65.0 cm³/mol. The molecular formula is C10H14Cl2F3N3. The Morgan fingerprint density at radius 1 is 1.39 bits per heavy atom. The maximum absolute atomic E-state index is 12.4. The van der Waals surface area contributed by atoms with E-state index in [-0.39, 0.29) is 19.0 Å². The van der Waals surface area contributed by atoms with Crippen LogP contribution in [-0.4, -0.2) is 39.8 Å². The summed E-state index contributed by atoms with van der Waals surface area (Å²) in [5.41, 5.74) is 1.23. The summed E-state index contributed by atoms with van der Waals surface area (Å²) >= 11 is 11.5. The highest BCUT2D eigenvalue weighted by atomic mass is 35.5. The van der Waals surface area contributed by atoms with E-state index in [2.05, 4.69) is 5.10 Å². The summed E-state index contributed by atoms with van der Waals surface area (Å²) in [6, 6.07) is 0. The summed E-state index contributed by atoms with van der Waals surface area (Å²) in [6.45, 7) is 0.939. The fourth-order valence-electron chi connectivity index (χ4n) is 1.66. The van der Waals surface area contributed by atoms with Gasteiger partial charge in [-0.05, 0) is 6.92 Å². The van der Waals surface area contributed by atoms with E-state index in [1.54, 1.807) is 14.0 Å². The highest BCUT2D eigenvalue weighted by Crippen LogP contribution is 2.23. The molecule has 0 spiro atoms. The van der Waals surface area contributed by atoms with E-state index >= 15 is 0 Å². The van der Waals surface area contributed by atoms with Crippen LogP contribution in [0.1, 0.15) is 11.3 Å². The lowest BCUT2D eigenvalue weighted by molar-refractivity contribution is -0.146. The summed E-state index contributed by atoms with van der Waals surface area (Å²) in [4.78, 5) is 1.21. The second-order valence-electron chi connectivity index (χ2n) is 3.99. The van der Waals surface area contributed by atoms with E-state index in [1.807, 2.05) is 0 Å². The van der Waals surface area contributed by atoms with Crippen molar-refractivity contribution in [2.45, 2.75) is 19.6 Å². The van der Waals surface area contributed by atoms with Crippen molar-refractivity contribution in [2.24, 2.45) is 7.05 Å². The van der Waals surface area contributed by atoms with Crippen LogP contribution in [0.25, 0.3) is 0 Å². The van der Waals surface area contributed by atoms with E-state index in [0.717, 1.165) is 0 Å². The van der Waals surface area contributed by atoms with Crippen LogP contribution in [0.15, 0.2) is 0 Å². The number of hydrogen-bond acceptors (Lipinski definition) is 2. The van der Waals surface area contributed by atoms with Gasteiger partial charge in [-0.2, -0.15) is 18.3 Å². The minimum Gasteiger partial charge on any atom is -0.289 e. The highest BCUT2D eigenvalue weighted by molar-refractivity contribution is 6.30. The molecule has 0 radical (unpaired) electrons. The van der Waals surface area contributed by atoms with Crippen LogP contribution in [-0.2, 0) is 13.6 Å². The van der Waals surface area contributed by atoms with Crippen LogP contribution in [0.4, 0.5) is 13.2 Å². The first-order valence-electron chi connectivity index (χ1n) is 5.27. The lowest BCUT2D eigenvalue weighted by Gasteiger charge is -2.22. The summed E-state index contributed by atoms with van der Waals surface area (Å²) in [5, 5.41) is 4.42. The third kappa shape index (κ3) is 4.33. The molecule has 0 amide bonds. The molecule has 0 atom stereocenters. The van der Waals surface area contributed by atoms with Crippen molar-refractivity contribution < 1.29 is 13.2 Å². The van der Waals surface area contributed by atoms with Gasteiger partial charge in [-0.3, -0.25) is 9.58 Å². The van der Waals surface area contributed by atoms with E-state index in [4.69, 9.17) is 23.2 Å². The van der Waals surface area contributed by atoms with Crippen molar-refractivity contribution >= 4 is 23.2 Å². The van der Waals surface area contributed by atoms with Crippen LogP contribution < -0.4 is 0 Å². The summed E-state index contributed by atoms with van der Waals surface area (Å²) in [5.74, 6) is 0.132. The fourth-order valence-corrected chi connectivity index (χ4v) is 2.14. The minimum absolute atomic E-state index is 0.0880. The zero-order valence-corrected chi connectivity index (χ0v) is 11.6. The molecule has 0 aliphatic heterocycles. The van der Waals surface area contributed by atoms with Crippen LogP contribution in [0.3, 0.4) is 0 Å². The smallest absolute Gasteiger partial charge is 0.289 e. The molecule has 0 saturated heterocycles. The lowest BCUT2D eigenvalue weighted by Crippen LogP contribution is -2.35. The van der Waals surface area contributed by atoms with E-state index in [9.17, 15) is 13.2 Å². The molecule has 0 aliphatic carbocycles. The van der Waals surface area contributed by atoms with E-state index < -0.39 is 12.7 Å². The average Bonchev–Trinajstić information content (AvgIpc) is 2.43. The van der Waals surface area contributed by atoms with Gasteiger partial charge in [-0.15, -0.1) is 11.6 Å². The molecule has 0 saturated carbocycles. The van der Waals surface area contributed by atoms with Gasteiger partial charge in [0.25, 0.3) is 0 Å². The Morgan fingerprint density at radius 3 is 2.39 bits per heavy atom. The summed E-state index contributed by atoms with van der Waals surface area (Å²) < 4.78 is 38.6. The van der Waals surface area contributed by atoms with Crippen molar-refractivity contribution in [3.8, 4) is 0 Å². The zero-order valence-electron chi connectivity index (χ0n) is 10.1. The number of aryl methyl sites for hydroxylation is 2. The number of alkyl halides is 4. The van der Waals surface area contributed by atoms with Gasteiger partial charge >= 0.3 is 6.18 Å². The molecule has 104 valence electrons. The van der Waals surface area contributed by atoms with E-state index in [1.165, 1.54) is 9.58 Å². The van der Waals surface area contributed by atoms with Gasteiger partial charge in [0.15, 0.2) is 0 Å². The van der Waals surface area contributed by atoms with Crippen molar-refractivity contribution in [3.63, 3.8) is 0 Å². The van der Waals surface area contributed by atoms with Gasteiger partial charge in [-0.25, -0.2) is 0 Å². The first kappa shape index (κ1) is 15.6. The van der Waals surface area contributed by atoms with Crippen molar-refractivity contribution in [3.05, 3.63) is 16.4 Å². The van der Waals surface area contributed by atoms with E-state index in [0.29, 0.717) is 16.4 Å². The second kappa shape index (κ2) is 6.12. The molecule has 0 unspecified atom stereocenters. The summed E-state index contributed by atoms with van der Waals surface area (Å²) in [6.07, 6.45) is -4.26. The number of hydrogen-bond donors (Lipinski definition) is 0. The van der Waals surface area contributed by atoms with Gasteiger partial charge in [0.05, 0.1) is 12.2 Å². The minimum atomic E-state index is -4.26. The maximum Gasteiger partial charge on any atom is 0.401 e. The largest absolute Gasteiger partial charge is 0.401 e. The molecule has 1 heterocycles. The topological polar surface area (TPSA) is 21.1 Å². The molecule has 0 aliphatic rings. The molecule has 8 heteroatoms. The third-order valence-corrected chi connectivity index (χ3v) is 3.10. The molecule has 0 bridgehead atoms.